The van der Waals surface area contributed by atoms with Gasteiger partial charge in [-0.2, -0.15) is 0 Å². The molecule has 0 aromatic heterocycles. The van der Waals surface area contributed by atoms with Crippen molar-refractivity contribution < 1.29 is 14.4 Å². The molecule has 1 aromatic carbocycles. The summed E-state index contributed by atoms with van der Waals surface area (Å²) in [6.07, 6.45) is 2.99. The standard InChI is InChI=1S/C20H28N4O3/c25-18(16-6-10-21-11-7-16)23-20(27)19(26)22-17-8-12-24(13-9-17)14-15-4-2-1-3-5-15/h1-5,16-17,21H,6-14H2,(H,22,26)(H,23,25,27). The molecule has 1 aromatic rings. The molecule has 0 aliphatic carbocycles. The van der Waals surface area contributed by atoms with Gasteiger partial charge < -0.3 is 10.6 Å². The predicted octanol–water partition coefficient (Wildman–Crippen LogP) is 0.410. The van der Waals surface area contributed by atoms with Crippen LogP contribution in [0.3, 0.4) is 0 Å². The quantitative estimate of drug-likeness (QED) is 0.666. The van der Waals surface area contributed by atoms with Crippen molar-refractivity contribution in [2.45, 2.75) is 38.3 Å². The first-order chi connectivity index (χ1) is 13.1. The van der Waals surface area contributed by atoms with Crippen LogP contribution in [0.1, 0.15) is 31.2 Å². The third kappa shape index (κ3) is 5.87. The smallest absolute Gasteiger partial charge is 0.315 e. The minimum absolute atomic E-state index is 0.0238. The summed E-state index contributed by atoms with van der Waals surface area (Å²) in [5, 5.41) is 8.19. The van der Waals surface area contributed by atoms with E-state index in [4.69, 9.17) is 0 Å². The van der Waals surface area contributed by atoms with Crippen LogP contribution in [0, 0.1) is 5.92 Å². The van der Waals surface area contributed by atoms with Gasteiger partial charge in [-0.15, -0.1) is 0 Å². The van der Waals surface area contributed by atoms with Crippen molar-refractivity contribution in [1.29, 1.82) is 0 Å². The number of nitrogens with zero attached hydrogens (tertiary/aromatic N) is 1. The van der Waals surface area contributed by atoms with E-state index in [0.29, 0.717) is 12.8 Å². The van der Waals surface area contributed by atoms with Crippen molar-refractivity contribution in [1.82, 2.24) is 20.9 Å². The van der Waals surface area contributed by atoms with Crippen molar-refractivity contribution in [3.8, 4) is 0 Å². The van der Waals surface area contributed by atoms with Crippen molar-refractivity contribution >= 4 is 17.7 Å². The third-order valence-corrected chi connectivity index (χ3v) is 5.32. The highest BCUT2D eigenvalue weighted by molar-refractivity contribution is 6.37. The molecule has 0 atom stereocenters. The van der Waals surface area contributed by atoms with Crippen LogP contribution in [0.4, 0.5) is 0 Å². The summed E-state index contributed by atoms with van der Waals surface area (Å²) in [7, 11) is 0. The van der Waals surface area contributed by atoms with Gasteiger partial charge in [0.05, 0.1) is 0 Å². The van der Waals surface area contributed by atoms with E-state index in [1.807, 2.05) is 18.2 Å². The average molecular weight is 372 g/mol. The lowest BCUT2D eigenvalue weighted by atomic mass is 9.97. The molecule has 3 rings (SSSR count). The molecule has 2 aliphatic heterocycles. The lowest BCUT2D eigenvalue weighted by Crippen LogP contribution is -2.51. The highest BCUT2D eigenvalue weighted by atomic mass is 16.2. The van der Waals surface area contributed by atoms with E-state index < -0.39 is 11.8 Å². The molecule has 146 valence electrons. The summed E-state index contributed by atoms with van der Waals surface area (Å²) in [5.74, 6) is -2.08. The van der Waals surface area contributed by atoms with Crippen LogP contribution in [0.5, 0.6) is 0 Å². The van der Waals surface area contributed by atoms with Gasteiger partial charge in [-0.1, -0.05) is 30.3 Å². The molecule has 2 saturated heterocycles. The zero-order chi connectivity index (χ0) is 19.1. The minimum Gasteiger partial charge on any atom is -0.345 e. The Morgan fingerprint density at radius 2 is 1.63 bits per heavy atom. The van der Waals surface area contributed by atoms with Crippen LogP contribution in [0.15, 0.2) is 30.3 Å². The second-order valence-electron chi connectivity index (χ2n) is 7.35. The summed E-state index contributed by atoms with van der Waals surface area (Å²) < 4.78 is 0. The molecule has 0 unspecified atom stereocenters. The van der Waals surface area contributed by atoms with E-state index in [2.05, 4.69) is 33.0 Å². The van der Waals surface area contributed by atoms with E-state index in [-0.39, 0.29) is 17.9 Å². The molecule has 0 saturated carbocycles. The Morgan fingerprint density at radius 1 is 0.963 bits per heavy atom. The lowest BCUT2D eigenvalue weighted by molar-refractivity contribution is -0.143. The summed E-state index contributed by atoms with van der Waals surface area (Å²) in [6.45, 7) is 4.16. The van der Waals surface area contributed by atoms with E-state index in [1.54, 1.807) is 0 Å². The van der Waals surface area contributed by atoms with Crippen LogP contribution in [0.2, 0.25) is 0 Å². The maximum Gasteiger partial charge on any atom is 0.315 e. The molecule has 0 spiro atoms. The first-order valence-electron chi connectivity index (χ1n) is 9.74. The molecule has 3 N–H and O–H groups in total. The number of nitrogens with one attached hydrogen (secondary N) is 3. The number of hydrogen-bond acceptors (Lipinski definition) is 5. The highest BCUT2D eigenvalue weighted by Gasteiger charge is 2.27. The fraction of sp³-hybridized carbons (Fsp3) is 0.550. The second kappa shape index (κ2) is 9.62. The highest BCUT2D eigenvalue weighted by Crippen LogP contribution is 2.14. The van der Waals surface area contributed by atoms with E-state index in [9.17, 15) is 14.4 Å². The number of amides is 3. The number of carbonyl (C=O) groups excluding carboxylic acids is 3. The second-order valence-corrected chi connectivity index (χ2v) is 7.35. The monoisotopic (exact) mass is 372 g/mol. The van der Waals surface area contributed by atoms with Gasteiger partial charge in [-0.25, -0.2) is 0 Å². The first kappa shape index (κ1) is 19.5. The fourth-order valence-electron chi connectivity index (χ4n) is 3.68. The molecular formula is C20H28N4O3. The zero-order valence-electron chi connectivity index (χ0n) is 15.6. The number of benzene rings is 1. The SMILES string of the molecule is O=C(NC(=O)C1CCNCC1)C(=O)NC1CCN(Cc2ccccc2)CC1. The summed E-state index contributed by atoms with van der Waals surface area (Å²) >= 11 is 0. The number of carbonyl (C=O) groups is 3. The summed E-state index contributed by atoms with van der Waals surface area (Å²) in [4.78, 5) is 38.5. The fourth-order valence-corrected chi connectivity index (χ4v) is 3.68. The average Bonchev–Trinajstić information content (AvgIpc) is 2.71. The molecular weight excluding hydrogens is 344 g/mol. The van der Waals surface area contributed by atoms with Gasteiger partial charge in [-0.05, 0) is 44.3 Å². The van der Waals surface area contributed by atoms with E-state index >= 15 is 0 Å². The number of hydrogen-bond donors (Lipinski definition) is 3. The van der Waals surface area contributed by atoms with Gasteiger partial charge in [0.1, 0.15) is 0 Å². The van der Waals surface area contributed by atoms with Gasteiger partial charge in [0.15, 0.2) is 0 Å². The molecule has 2 fully saturated rings. The number of imide groups is 1. The minimum atomic E-state index is -0.842. The van der Waals surface area contributed by atoms with Crippen LogP contribution in [-0.2, 0) is 20.9 Å². The molecule has 3 amide bonds. The van der Waals surface area contributed by atoms with Gasteiger partial charge in [0.2, 0.25) is 5.91 Å². The first-order valence-corrected chi connectivity index (χ1v) is 9.74. The van der Waals surface area contributed by atoms with Gasteiger partial charge >= 0.3 is 11.8 Å². The summed E-state index contributed by atoms with van der Waals surface area (Å²) in [6, 6.07) is 10.3. The van der Waals surface area contributed by atoms with Gasteiger partial charge in [-0.3, -0.25) is 24.6 Å². The third-order valence-electron chi connectivity index (χ3n) is 5.32. The largest absolute Gasteiger partial charge is 0.345 e. The maximum absolute atomic E-state index is 12.1. The number of piperidine rings is 2. The van der Waals surface area contributed by atoms with E-state index in [0.717, 1.165) is 45.6 Å². The molecule has 2 heterocycles. The van der Waals surface area contributed by atoms with Crippen LogP contribution < -0.4 is 16.0 Å². The van der Waals surface area contributed by atoms with Crippen LogP contribution >= 0.6 is 0 Å². The van der Waals surface area contributed by atoms with E-state index in [1.165, 1.54) is 5.56 Å². The van der Waals surface area contributed by atoms with Crippen molar-refractivity contribution in [3.05, 3.63) is 35.9 Å². The predicted molar refractivity (Wildman–Crippen MR) is 102 cm³/mol. The van der Waals surface area contributed by atoms with Gasteiger partial charge in [0, 0.05) is 31.6 Å². The van der Waals surface area contributed by atoms with Gasteiger partial charge in [0.25, 0.3) is 0 Å². The Kier molecular flexibility index (Phi) is 6.95. The van der Waals surface area contributed by atoms with Crippen LogP contribution in [-0.4, -0.2) is 54.8 Å². The van der Waals surface area contributed by atoms with Crippen molar-refractivity contribution in [2.24, 2.45) is 5.92 Å². The normalized spacial score (nSPS) is 19.4. The number of likely N-dealkylation sites (tertiary alicyclic amines) is 1. The Bertz CT molecular complexity index is 650. The number of rotatable bonds is 4. The molecule has 0 bridgehead atoms. The Labute approximate surface area is 159 Å². The Hall–Kier alpha value is -2.25. The van der Waals surface area contributed by atoms with Crippen LogP contribution in [0.25, 0.3) is 0 Å². The van der Waals surface area contributed by atoms with Crippen molar-refractivity contribution in [3.63, 3.8) is 0 Å². The zero-order valence-corrected chi connectivity index (χ0v) is 15.6. The molecule has 7 nitrogen and oxygen atoms in total. The Morgan fingerprint density at radius 3 is 2.30 bits per heavy atom. The molecule has 7 heteroatoms. The molecule has 27 heavy (non-hydrogen) atoms. The Balaban J connectivity index is 1.38. The van der Waals surface area contributed by atoms with Crippen molar-refractivity contribution in [2.75, 3.05) is 26.2 Å². The summed E-state index contributed by atoms with van der Waals surface area (Å²) in [5.41, 5.74) is 1.27. The lowest BCUT2D eigenvalue weighted by Gasteiger charge is -2.32. The maximum atomic E-state index is 12.1. The molecule has 0 radical (unpaired) electrons. The topological polar surface area (TPSA) is 90.5 Å². The molecule has 2 aliphatic rings.